The maximum absolute atomic E-state index is 12.3. The second kappa shape index (κ2) is 6.95. The molecule has 0 saturated carbocycles. The quantitative estimate of drug-likeness (QED) is 0.833. The summed E-state index contributed by atoms with van der Waals surface area (Å²) in [4.78, 5) is 28.2. The molecule has 1 N–H and O–H groups in total. The van der Waals surface area contributed by atoms with E-state index >= 15 is 0 Å². The SMILES string of the molecule is CN(C)[C@@H]1C[C@@H](C(=O)O)N(C(=O)CSc2ccccc2)C1. The van der Waals surface area contributed by atoms with E-state index in [9.17, 15) is 14.7 Å². The Morgan fingerprint density at radius 1 is 1.33 bits per heavy atom. The third-order valence-electron chi connectivity index (χ3n) is 3.72. The molecule has 0 aliphatic carbocycles. The molecule has 2 rings (SSSR count). The average molecular weight is 308 g/mol. The van der Waals surface area contributed by atoms with E-state index in [1.54, 1.807) is 0 Å². The van der Waals surface area contributed by atoms with E-state index in [2.05, 4.69) is 0 Å². The molecule has 5 nitrogen and oxygen atoms in total. The first-order valence-corrected chi connectivity index (χ1v) is 7.84. The van der Waals surface area contributed by atoms with E-state index in [0.29, 0.717) is 13.0 Å². The van der Waals surface area contributed by atoms with E-state index in [-0.39, 0.29) is 17.7 Å². The lowest BCUT2D eigenvalue weighted by atomic mass is 10.1. The molecule has 0 aromatic heterocycles. The van der Waals surface area contributed by atoms with Crippen LogP contribution in [0.3, 0.4) is 0 Å². The molecule has 0 radical (unpaired) electrons. The van der Waals surface area contributed by atoms with Crippen LogP contribution < -0.4 is 0 Å². The molecular weight excluding hydrogens is 288 g/mol. The molecule has 1 aliphatic rings. The highest BCUT2D eigenvalue weighted by atomic mass is 32.2. The standard InChI is InChI=1S/C15H20N2O3S/c1-16(2)11-8-13(15(19)20)17(9-11)14(18)10-21-12-6-4-3-5-7-12/h3-7,11,13H,8-10H2,1-2H3,(H,19,20)/t11-,13+/m1/s1. The van der Waals surface area contributed by atoms with Gasteiger partial charge in [-0.2, -0.15) is 0 Å². The van der Waals surface area contributed by atoms with Crippen LogP contribution in [0.25, 0.3) is 0 Å². The Kier molecular flexibility index (Phi) is 5.25. The minimum Gasteiger partial charge on any atom is -0.480 e. The third-order valence-corrected chi connectivity index (χ3v) is 4.72. The van der Waals surface area contributed by atoms with Gasteiger partial charge in [-0.25, -0.2) is 4.79 Å². The minimum absolute atomic E-state index is 0.108. The summed E-state index contributed by atoms with van der Waals surface area (Å²) < 4.78 is 0. The van der Waals surface area contributed by atoms with Crippen LogP contribution in [0.2, 0.25) is 0 Å². The smallest absolute Gasteiger partial charge is 0.326 e. The van der Waals surface area contributed by atoms with Crippen molar-refractivity contribution in [3.05, 3.63) is 30.3 Å². The Morgan fingerprint density at radius 3 is 2.57 bits per heavy atom. The van der Waals surface area contributed by atoms with E-state index in [4.69, 9.17) is 0 Å². The number of thioether (sulfide) groups is 1. The number of carbonyl (C=O) groups excluding carboxylic acids is 1. The second-order valence-electron chi connectivity index (χ2n) is 5.36. The zero-order chi connectivity index (χ0) is 15.4. The Bertz CT molecular complexity index is 507. The van der Waals surface area contributed by atoms with E-state index in [1.807, 2.05) is 49.3 Å². The number of likely N-dealkylation sites (N-methyl/N-ethyl adjacent to an activating group) is 1. The van der Waals surface area contributed by atoms with Crippen LogP contribution in [-0.2, 0) is 9.59 Å². The number of carbonyl (C=O) groups is 2. The number of amides is 1. The summed E-state index contributed by atoms with van der Waals surface area (Å²) >= 11 is 1.44. The molecule has 2 atom stereocenters. The summed E-state index contributed by atoms with van der Waals surface area (Å²) in [7, 11) is 3.83. The van der Waals surface area contributed by atoms with Gasteiger partial charge in [0.15, 0.2) is 0 Å². The maximum Gasteiger partial charge on any atom is 0.326 e. The normalized spacial score (nSPS) is 21.8. The van der Waals surface area contributed by atoms with E-state index < -0.39 is 12.0 Å². The molecular formula is C15H20N2O3S. The molecule has 1 fully saturated rings. The van der Waals surface area contributed by atoms with Gasteiger partial charge in [0, 0.05) is 17.5 Å². The lowest BCUT2D eigenvalue weighted by Gasteiger charge is -2.22. The molecule has 0 spiro atoms. The number of benzene rings is 1. The predicted molar refractivity (Wildman–Crippen MR) is 82.4 cm³/mol. The molecule has 1 aliphatic heterocycles. The molecule has 1 aromatic carbocycles. The second-order valence-corrected chi connectivity index (χ2v) is 6.40. The Labute approximate surface area is 128 Å². The molecule has 21 heavy (non-hydrogen) atoms. The van der Waals surface area contributed by atoms with Crippen molar-refractivity contribution < 1.29 is 14.7 Å². The van der Waals surface area contributed by atoms with Crippen molar-refractivity contribution in [1.29, 1.82) is 0 Å². The first kappa shape index (κ1) is 15.9. The van der Waals surface area contributed by atoms with Gasteiger partial charge in [0.05, 0.1) is 5.75 Å². The zero-order valence-corrected chi connectivity index (χ0v) is 13.0. The highest BCUT2D eigenvalue weighted by molar-refractivity contribution is 8.00. The monoisotopic (exact) mass is 308 g/mol. The van der Waals surface area contributed by atoms with Crippen molar-refractivity contribution in [2.75, 3.05) is 26.4 Å². The fraction of sp³-hybridized carbons (Fsp3) is 0.467. The Hall–Kier alpha value is -1.53. The van der Waals surface area contributed by atoms with Gasteiger partial charge in [0.2, 0.25) is 5.91 Å². The molecule has 6 heteroatoms. The van der Waals surface area contributed by atoms with E-state index in [1.165, 1.54) is 16.7 Å². The van der Waals surface area contributed by atoms with Crippen molar-refractivity contribution in [2.24, 2.45) is 0 Å². The summed E-state index contributed by atoms with van der Waals surface area (Å²) in [5.74, 6) is -0.758. The number of nitrogens with zero attached hydrogens (tertiary/aromatic N) is 2. The fourth-order valence-electron chi connectivity index (χ4n) is 2.44. The van der Waals surface area contributed by atoms with Gasteiger partial charge in [-0.1, -0.05) is 18.2 Å². The number of aliphatic carboxylic acids is 1. The van der Waals surface area contributed by atoms with Gasteiger partial charge < -0.3 is 14.9 Å². The lowest BCUT2D eigenvalue weighted by molar-refractivity contribution is -0.147. The topological polar surface area (TPSA) is 60.9 Å². The molecule has 1 aromatic rings. The highest BCUT2D eigenvalue weighted by Gasteiger charge is 2.40. The van der Waals surface area contributed by atoms with E-state index in [0.717, 1.165) is 4.90 Å². The van der Waals surface area contributed by atoms with Crippen LogP contribution in [-0.4, -0.2) is 65.3 Å². The number of likely N-dealkylation sites (tertiary alicyclic amines) is 1. The van der Waals surface area contributed by atoms with Gasteiger partial charge >= 0.3 is 5.97 Å². The van der Waals surface area contributed by atoms with Crippen molar-refractivity contribution in [1.82, 2.24) is 9.80 Å². The first-order valence-electron chi connectivity index (χ1n) is 6.85. The van der Waals surface area contributed by atoms with Crippen LogP contribution in [0.4, 0.5) is 0 Å². The maximum atomic E-state index is 12.3. The molecule has 1 saturated heterocycles. The summed E-state index contributed by atoms with van der Waals surface area (Å²) in [6.45, 7) is 0.484. The summed E-state index contributed by atoms with van der Waals surface area (Å²) in [5.41, 5.74) is 0. The molecule has 0 unspecified atom stereocenters. The van der Waals surface area contributed by atoms with Gasteiger partial charge in [0.1, 0.15) is 6.04 Å². The average Bonchev–Trinajstić information content (AvgIpc) is 2.91. The Morgan fingerprint density at radius 2 is 2.00 bits per heavy atom. The highest BCUT2D eigenvalue weighted by Crippen LogP contribution is 2.24. The molecule has 1 amide bonds. The minimum atomic E-state index is -0.919. The Balaban J connectivity index is 1.98. The number of rotatable bonds is 5. The van der Waals surface area contributed by atoms with Crippen molar-refractivity contribution in [3.63, 3.8) is 0 Å². The number of hydrogen-bond donors (Lipinski definition) is 1. The van der Waals surface area contributed by atoms with Crippen LogP contribution >= 0.6 is 11.8 Å². The van der Waals surface area contributed by atoms with Crippen LogP contribution in [0.15, 0.2) is 35.2 Å². The van der Waals surface area contributed by atoms with Crippen LogP contribution in [0, 0.1) is 0 Å². The summed E-state index contributed by atoms with van der Waals surface area (Å²) in [6.07, 6.45) is 0.490. The van der Waals surface area contributed by atoms with Crippen molar-refractivity contribution in [3.8, 4) is 0 Å². The van der Waals surface area contributed by atoms with Gasteiger partial charge in [0.25, 0.3) is 0 Å². The van der Waals surface area contributed by atoms with Gasteiger partial charge in [-0.15, -0.1) is 11.8 Å². The van der Waals surface area contributed by atoms with Crippen LogP contribution in [0.5, 0.6) is 0 Å². The zero-order valence-electron chi connectivity index (χ0n) is 12.2. The van der Waals surface area contributed by atoms with Crippen LogP contribution in [0.1, 0.15) is 6.42 Å². The van der Waals surface area contributed by atoms with Gasteiger partial charge in [-0.05, 0) is 32.6 Å². The predicted octanol–water partition coefficient (Wildman–Crippen LogP) is 1.39. The molecule has 0 bridgehead atoms. The van der Waals surface area contributed by atoms with Crippen molar-refractivity contribution in [2.45, 2.75) is 23.4 Å². The fourth-order valence-corrected chi connectivity index (χ4v) is 3.25. The van der Waals surface area contributed by atoms with Crippen molar-refractivity contribution >= 4 is 23.6 Å². The molecule has 114 valence electrons. The third kappa shape index (κ3) is 3.98. The largest absolute Gasteiger partial charge is 0.480 e. The number of hydrogen-bond acceptors (Lipinski definition) is 4. The first-order chi connectivity index (χ1) is 9.99. The summed E-state index contributed by atoms with van der Waals surface area (Å²) in [5, 5.41) is 9.30. The van der Waals surface area contributed by atoms with Gasteiger partial charge in [-0.3, -0.25) is 4.79 Å². The number of carboxylic acids is 1. The lowest BCUT2D eigenvalue weighted by Crippen LogP contribution is -2.41. The summed E-state index contributed by atoms with van der Waals surface area (Å²) in [6, 6.07) is 9.06. The molecule has 1 heterocycles. The number of carboxylic acid groups (broad SMARTS) is 1.